The molecule has 1 aromatic heterocycles. The number of nitrogens with one attached hydrogen (secondary N) is 1. The molecule has 5 rings (SSSR count). The van der Waals surface area contributed by atoms with Crippen LogP contribution in [0.15, 0.2) is 133 Å². The minimum absolute atomic E-state index is 0.0861. The maximum absolute atomic E-state index is 11.7. The van der Waals surface area contributed by atoms with Crippen molar-refractivity contribution in [3.63, 3.8) is 0 Å². The molecule has 0 spiro atoms. The molecule has 0 amide bonds. The van der Waals surface area contributed by atoms with Crippen LogP contribution in [0, 0.1) is 0 Å². The highest BCUT2D eigenvalue weighted by molar-refractivity contribution is 7.09. The van der Waals surface area contributed by atoms with Gasteiger partial charge < -0.3 is 24.6 Å². The number of thiazole rings is 1. The lowest BCUT2D eigenvalue weighted by atomic mass is 9.99. The van der Waals surface area contributed by atoms with Gasteiger partial charge in [0.05, 0.1) is 32.5 Å². The third-order valence-electron chi connectivity index (χ3n) is 7.09. The fourth-order valence-electron chi connectivity index (χ4n) is 4.86. The van der Waals surface area contributed by atoms with Gasteiger partial charge in [-0.25, -0.2) is 4.98 Å². The first kappa shape index (κ1) is 30.8. The van der Waals surface area contributed by atoms with E-state index in [4.69, 9.17) is 14.2 Å². The topological polar surface area (TPSA) is 72.8 Å². The van der Waals surface area contributed by atoms with Crippen LogP contribution in [0.1, 0.15) is 33.3 Å². The number of aliphatic hydroxyl groups excluding tert-OH is 1. The summed E-state index contributed by atoms with van der Waals surface area (Å²) in [5, 5.41) is 18.2. The minimum atomic E-state index is -0.964. The van der Waals surface area contributed by atoms with Gasteiger partial charge in [0, 0.05) is 18.1 Å². The predicted molar refractivity (Wildman–Crippen MR) is 170 cm³/mol. The maximum Gasteiger partial charge on any atom is 0.114 e. The van der Waals surface area contributed by atoms with E-state index < -0.39 is 18.3 Å². The van der Waals surface area contributed by atoms with Gasteiger partial charge in [-0.2, -0.15) is 0 Å². The normalized spacial score (nSPS) is 14.2. The molecule has 0 saturated heterocycles. The number of aromatic nitrogens is 1. The summed E-state index contributed by atoms with van der Waals surface area (Å²) in [4.78, 5) is 4.67. The van der Waals surface area contributed by atoms with Gasteiger partial charge in [-0.15, -0.1) is 11.3 Å². The second-order valence-electron chi connectivity index (χ2n) is 10.3. The first-order chi connectivity index (χ1) is 21.3. The Morgan fingerprint density at radius 2 is 1.12 bits per heavy atom. The van der Waals surface area contributed by atoms with E-state index in [1.54, 1.807) is 17.5 Å². The van der Waals surface area contributed by atoms with Crippen molar-refractivity contribution >= 4 is 11.3 Å². The minimum Gasteiger partial charge on any atom is -0.388 e. The molecule has 2 N–H and O–H groups in total. The Balaban J connectivity index is 1.42. The van der Waals surface area contributed by atoms with Gasteiger partial charge in [0.15, 0.2) is 0 Å². The van der Waals surface area contributed by atoms with Crippen LogP contribution in [0.3, 0.4) is 0 Å². The van der Waals surface area contributed by atoms with Gasteiger partial charge in [0.25, 0.3) is 0 Å². The van der Waals surface area contributed by atoms with Crippen molar-refractivity contribution in [1.82, 2.24) is 10.3 Å². The molecule has 5 aromatic rings. The molecule has 43 heavy (non-hydrogen) atoms. The van der Waals surface area contributed by atoms with E-state index in [2.05, 4.69) is 22.4 Å². The van der Waals surface area contributed by atoms with Crippen molar-refractivity contribution in [2.24, 2.45) is 0 Å². The summed E-state index contributed by atoms with van der Waals surface area (Å²) < 4.78 is 19.3. The van der Waals surface area contributed by atoms with Crippen LogP contribution < -0.4 is 5.32 Å². The zero-order chi connectivity index (χ0) is 29.5. The molecule has 4 aromatic carbocycles. The average molecular weight is 595 g/mol. The third kappa shape index (κ3) is 9.66. The summed E-state index contributed by atoms with van der Waals surface area (Å²) >= 11 is 1.55. The van der Waals surface area contributed by atoms with Crippen LogP contribution in [-0.4, -0.2) is 35.0 Å². The van der Waals surface area contributed by atoms with Crippen molar-refractivity contribution in [1.29, 1.82) is 0 Å². The Labute approximate surface area is 257 Å². The van der Waals surface area contributed by atoms with Crippen LogP contribution in [0.5, 0.6) is 0 Å². The molecule has 0 aliphatic carbocycles. The van der Waals surface area contributed by atoms with E-state index in [-0.39, 0.29) is 12.6 Å². The number of aliphatic hydroxyl groups is 1. The Bertz CT molecular complexity index is 1420. The fourth-order valence-corrected chi connectivity index (χ4v) is 5.61. The van der Waals surface area contributed by atoms with Gasteiger partial charge in [-0.1, -0.05) is 121 Å². The molecule has 0 unspecified atom stereocenters. The highest BCUT2D eigenvalue weighted by Gasteiger charge is 2.38. The van der Waals surface area contributed by atoms with Crippen LogP contribution in [0.2, 0.25) is 0 Å². The first-order valence-corrected chi connectivity index (χ1v) is 15.4. The molecule has 0 radical (unpaired) electrons. The summed E-state index contributed by atoms with van der Waals surface area (Å²) in [5.41, 5.74) is 4.22. The molecular formula is C36H38N2O4S. The quantitative estimate of drug-likeness (QED) is 0.125. The van der Waals surface area contributed by atoms with E-state index in [9.17, 15) is 5.11 Å². The molecule has 1 heterocycles. The number of benzene rings is 4. The predicted octanol–water partition coefficient (Wildman–Crippen LogP) is 6.72. The molecule has 4 atom stereocenters. The van der Waals surface area contributed by atoms with Crippen LogP contribution >= 0.6 is 11.3 Å². The zero-order valence-corrected chi connectivity index (χ0v) is 24.9. The number of hydrogen-bond donors (Lipinski definition) is 2. The number of hydrogen-bond acceptors (Lipinski definition) is 7. The van der Waals surface area contributed by atoms with E-state index in [1.165, 1.54) is 0 Å². The largest absolute Gasteiger partial charge is 0.388 e. The zero-order valence-electron chi connectivity index (χ0n) is 24.1. The molecule has 6 nitrogen and oxygen atoms in total. The van der Waals surface area contributed by atoms with Crippen molar-refractivity contribution in [3.8, 4) is 0 Å². The molecule has 222 valence electrons. The Hall–Kier alpha value is -3.69. The molecule has 0 aliphatic heterocycles. The van der Waals surface area contributed by atoms with Gasteiger partial charge >= 0.3 is 0 Å². The van der Waals surface area contributed by atoms with Crippen LogP contribution in [0.25, 0.3) is 0 Å². The Kier molecular flexibility index (Phi) is 12.0. The van der Waals surface area contributed by atoms with E-state index in [0.717, 1.165) is 27.3 Å². The molecule has 0 saturated carbocycles. The van der Waals surface area contributed by atoms with Crippen molar-refractivity contribution in [3.05, 3.63) is 160 Å². The highest BCUT2D eigenvalue weighted by Crippen LogP contribution is 2.29. The summed E-state index contributed by atoms with van der Waals surface area (Å²) in [5.74, 6) is 0. The third-order valence-corrected chi connectivity index (χ3v) is 7.95. The van der Waals surface area contributed by atoms with Gasteiger partial charge in [0.2, 0.25) is 0 Å². The summed E-state index contributed by atoms with van der Waals surface area (Å²) in [7, 11) is 0. The summed E-state index contributed by atoms with van der Waals surface area (Å²) in [6.45, 7) is 1.74. The smallest absolute Gasteiger partial charge is 0.114 e. The lowest BCUT2D eigenvalue weighted by molar-refractivity contribution is -0.157. The second-order valence-corrected chi connectivity index (χ2v) is 11.2. The average Bonchev–Trinajstić information content (AvgIpc) is 3.60. The summed E-state index contributed by atoms with van der Waals surface area (Å²) in [6, 6.07) is 39.8. The fraction of sp³-hybridized carbons (Fsp3) is 0.250. The van der Waals surface area contributed by atoms with Crippen molar-refractivity contribution < 1.29 is 19.3 Å². The van der Waals surface area contributed by atoms with Crippen LogP contribution in [0.4, 0.5) is 0 Å². The SMILES string of the molecule is O[C@H](COCc1ccccc1)[C@H](OCc1ccccc1)[C@H](OCc1ccccc1)[C@H](NCc1ccccc1)c1nccs1. The molecule has 0 aliphatic rings. The van der Waals surface area contributed by atoms with E-state index in [1.807, 2.05) is 115 Å². The maximum atomic E-state index is 11.7. The standard InChI is InChI=1S/C36H38N2O4S/c39-32(27-40-24-29-15-7-2-8-16-29)34(41-25-30-17-9-3-10-18-30)35(42-26-31-19-11-4-12-20-31)33(36-37-21-22-43-36)38-23-28-13-5-1-6-14-28/h1-22,32-35,38-39H,23-27H2/t32-,33+,34+,35-/m1/s1. The Morgan fingerprint density at radius 1 is 0.628 bits per heavy atom. The summed E-state index contributed by atoms with van der Waals surface area (Å²) in [6.07, 6.45) is -0.481. The van der Waals surface area contributed by atoms with Crippen molar-refractivity contribution in [2.45, 2.75) is 50.7 Å². The lowest BCUT2D eigenvalue weighted by Crippen LogP contribution is -2.49. The first-order valence-electron chi connectivity index (χ1n) is 14.5. The Morgan fingerprint density at radius 3 is 1.63 bits per heavy atom. The molecule has 7 heteroatoms. The molecule has 0 bridgehead atoms. The molecular weight excluding hydrogens is 556 g/mol. The van der Waals surface area contributed by atoms with Crippen LogP contribution in [-0.2, 0) is 40.6 Å². The van der Waals surface area contributed by atoms with E-state index >= 15 is 0 Å². The van der Waals surface area contributed by atoms with Crippen molar-refractivity contribution in [2.75, 3.05) is 6.61 Å². The van der Waals surface area contributed by atoms with Gasteiger partial charge in [0.1, 0.15) is 23.3 Å². The van der Waals surface area contributed by atoms with E-state index in [0.29, 0.717) is 26.4 Å². The number of ether oxygens (including phenoxy) is 3. The van der Waals surface area contributed by atoms with Gasteiger partial charge in [-0.3, -0.25) is 0 Å². The lowest BCUT2D eigenvalue weighted by Gasteiger charge is -2.36. The second kappa shape index (κ2) is 16.8. The highest BCUT2D eigenvalue weighted by atomic mass is 32.1. The number of nitrogens with zero attached hydrogens (tertiary/aromatic N) is 1. The molecule has 0 fully saturated rings. The monoisotopic (exact) mass is 594 g/mol. The number of rotatable bonds is 17. The van der Waals surface area contributed by atoms with Gasteiger partial charge in [-0.05, 0) is 22.3 Å².